The van der Waals surface area contributed by atoms with E-state index in [1.807, 2.05) is 42.5 Å². The summed E-state index contributed by atoms with van der Waals surface area (Å²) in [6.45, 7) is 8.70. The van der Waals surface area contributed by atoms with Crippen LogP contribution in [0.3, 0.4) is 0 Å². The van der Waals surface area contributed by atoms with E-state index in [4.69, 9.17) is 13.5 Å². The highest BCUT2D eigenvalue weighted by molar-refractivity contribution is 6.16. The molecule has 232 valence electrons. The smallest absolute Gasteiger partial charge is 0.299 e. The summed E-state index contributed by atoms with van der Waals surface area (Å²) >= 11 is 0. The number of aromatic nitrogens is 4. The SMILES string of the molecule is [2H]C([2H])([2H])c1nc(-c2ccccc2)nc2c1ccc1c3ccc(C)c(-c4n(-c5c(C(C)C)cccc5C(C)C)c5ccccc5[n+]4C)c3oc12. The maximum Gasteiger partial charge on any atom is 0.299 e. The molecule has 0 spiro atoms. The van der Waals surface area contributed by atoms with Crippen LogP contribution in [0.5, 0.6) is 0 Å². The Labute approximate surface area is 279 Å². The van der Waals surface area contributed by atoms with Crippen molar-refractivity contribution in [2.75, 3.05) is 0 Å². The lowest BCUT2D eigenvalue weighted by Gasteiger charge is -2.18. The van der Waals surface area contributed by atoms with E-state index in [0.717, 1.165) is 49.9 Å². The van der Waals surface area contributed by atoms with Gasteiger partial charge in [-0.25, -0.2) is 14.5 Å². The number of hydrogen-bond acceptors (Lipinski definition) is 3. The van der Waals surface area contributed by atoms with Gasteiger partial charge in [0.15, 0.2) is 28.0 Å². The molecule has 5 heteroatoms. The normalized spacial score (nSPS) is 13.3. The summed E-state index contributed by atoms with van der Waals surface area (Å²) in [5.74, 6) is 1.95. The van der Waals surface area contributed by atoms with Crippen LogP contribution in [0.1, 0.15) is 66.0 Å². The van der Waals surface area contributed by atoms with E-state index >= 15 is 0 Å². The molecular formula is C42H39N4O+. The molecule has 0 bridgehead atoms. The molecule has 0 aliphatic heterocycles. The molecule has 0 N–H and O–H groups in total. The second-order valence-corrected chi connectivity index (χ2v) is 13.1. The zero-order chi connectivity index (χ0) is 35.1. The van der Waals surface area contributed by atoms with E-state index in [1.54, 1.807) is 0 Å². The van der Waals surface area contributed by atoms with Crippen LogP contribution in [0.15, 0.2) is 101 Å². The quantitative estimate of drug-likeness (QED) is 0.180. The molecular weight excluding hydrogens is 576 g/mol. The van der Waals surface area contributed by atoms with Crippen molar-refractivity contribution in [3.05, 3.63) is 119 Å². The van der Waals surface area contributed by atoms with Crippen molar-refractivity contribution in [2.24, 2.45) is 7.05 Å². The molecule has 3 aromatic heterocycles. The highest BCUT2D eigenvalue weighted by atomic mass is 16.3. The molecule has 0 saturated heterocycles. The zero-order valence-electron chi connectivity index (χ0n) is 30.6. The number of para-hydroxylation sites is 3. The predicted octanol–water partition coefficient (Wildman–Crippen LogP) is 10.5. The van der Waals surface area contributed by atoms with Crippen LogP contribution in [0.2, 0.25) is 0 Å². The molecule has 5 nitrogen and oxygen atoms in total. The van der Waals surface area contributed by atoms with Crippen LogP contribution in [0, 0.1) is 13.8 Å². The average Bonchev–Trinajstić information content (AvgIpc) is 3.62. The third-order valence-corrected chi connectivity index (χ3v) is 9.52. The second kappa shape index (κ2) is 10.9. The molecule has 5 aromatic carbocycles. The number of fused-ring (bicyclic) bond motifs is 6. The Kier molecular flexibility index (Phi) is 6.00. The summed E-state index contributed by atoms with van der Waals surface area (Å²) in [6.07, 6.45) is 0. The number of hydrogen-bond donors (Lipinski definition) is 0. The van der Waals surface area contributed by atoms with E-state index in [1.165, 1.54) is 16.8 Å². The van der Waals surface area contributed by atoms with Crippen LogP contribution in [-0.2, 0) is 7.05 Å². The van der Waals surface area contributed by atoms with Crippen molar-refractivity contribution in [3.8, 4) is 28.5 Å². The molecule has 0 aliphatic carbocycles. The van der Waals surface area contributed by atoms with Gasteiger partial charge >= 0.3 is 0 Å². The Morgan fingerprint density at radius 1 is 0.723 bits per heavy atom. The summed E-state index contributed by atoms with van der Waals surface area (Å²) in [6, 6.07) is 32.7. The fourth-order valence-corrected chi connectivity index (χ4v) is 7.17. The van der Waals surface area contributed by atoms with Crippen LogP contribution in [0.4, 0.5) is 0 Å². The fraction of sp³-hybridized carbons (Fsp3) is 0.214. The maximum absolute atomic E-state index is 8.39. The molecule has 0 radical (unpaired) electrons. The van der Waals surface area contributed by atoms with Crippen molar-refractivity contribution in [1.29, 1.82) is 0 Å². The van der Waals surface area contributed by atoms with Crippen molar-refractivity contribution in [3.63, 3.8) is 0 Å². The van der Waals surface area contributed by atoms with Crippen LogP contribution < -0.4 is 4.57 Å². The van der Waals surface area contributed by atoms with E-state index < -0.39 is 6.85 Å². The molecule has 47 heavy (non-hydrogen) atoms. The zero-order valence-corrected chi connectivity index (χ0v) is 27.6. The van der Waals surface area contributed by atoms with Gasteiger partial charge in [-0.2, -0.15) is 4.57 Å². The number of benzene rings is 5. The standard InChI is InChI=1S/C42H39N4O/c1-24(2)29-16-13-17-30(25(3)4)38(29)46-35-19-12-11-18-34(35)45(7)42(46)36-26(5)20-21-32-33-23-22-31-27(6)43-41(28-14-9-8-10-15-28)44-37(31)40(33)47-39(32)36/h8-25H,1-7H3/q+1/i6D3. The van der Waals surface area contributed by atoms with Crippen LogP contribution in [-0.4, -0.2) is 14.5 Å². The minimum absolute atomic E-state index is 0.0122. The minimum Gasteiger partial charge on any atom is -0.453 e. The first-order chi connectivity index (χ1) is 24.0. The van der Waals surface area contributed by atoms with Gasteiger partial charge in [0.2, 0.25) is 0 Å². The summed E-state index contributed by atoms with van der Waals surface area (Å²) in [7, 11) is 2.12. The molecule has 0 fully saturated rings. The Balaban J connectivity index is 1.52. The second-order valence-electron chi connectivity index (χ2n) is 13.1. The largest absolute Gasteiger partial charge is 0.453 e. The third-order valence-electron chi connectivity index (χ3n) is 9.52. The Bertz CT molecular complexity index is 2590. The maximum atomic E-state index is 8.39. The third kappa shape index (κ3) is 4.40. The molecule has 0 unspecified atom stereocenters. The molecule has 3 heterocycles. The van der Waals surface area contributed by atoms with Gasteiger partial charge in [-0.3, -0.25) is 0 Å². The van der Waals surface area contributed by atoms with Crippen LogP contribution >= 0.6 is 0 Å². The van der Waals surface area contributed by atoms with Crippen molar-refractivity contribution in [2.45, 2.75) is 53.3 Å². The monoisotopic (exact) mass is 618 g/mol. The molecule has 8 aromatic rings. The fourth-order valence-electron chi connectivity index (χ4n) is 7.17. The number of rotatable bonds is 5. The molecule has 8 rings (SSSR count). The van der Waals surface area contributed by atoms with Crippen molar-refractivity contribution >= 4 is 43.9 Å². The van der Waals surface area contributed by atoms with Gasteiger partial charge in [0.05, 0.1) is 7.05 Å². The highest BCUT2D eigenvalue weighted by Crippen LogP contribution is 2.43. The Hall–Kier alpha value is -5.29. The first-order valence-electron chi connectivity index (χ1n) is 17.8. The molecule has 0 amide bonds. The lowest BCUT2D eigenvalue weighted by atomic mass is 9.92. The molecule has 0 saturated carbocycles. The van der Waals surface area contributed by atoms with E-state index in [2.05, 4.69) is 110 Å². The topological polar surface area (TPSA) is 47.7 Å². The molecule has 0 aliphatic rings. The number of aryl methyl sites for hydroxylation is 3. The number of nitrogens with zero attached hydrogens (tertiary/aromatic N) is 4. The van der Waals surface area contributed by atoms with Gasteiger partial charge in [0.1, 0.15) is 16.8 Å². The first kappa shape index (κ1) is 25.9. The van der Waals surface area contributed by atoms with Crippen molar-refractivity contribution < 1.29 is 13.1 Å². The van der Waals surface area contributed by atoms with Gasteiger partial charge in [0.25, 0.3) is 5.82 Å². The highest BCUT2D eigenvalue weighted by Gasteiger charge is 2.33. The minimum atomic E-state index is -2.45. The number of furan rings is 1. The van der Waals surface area contributed by atoms with Crippen LogP contribution in [0.25, 0.3) is 72.3 Å². The lowest BCUT2D eigenvalue weighted by molar-refractivity contribution is -0.633. The van der Waals surface area contributed by atoms with Gasteiger partial charge in [-0.1, -0.05) is 107 Å². The van der Waals surface area contributed by atoms with Gasteiger partial charge in [0, 0.05) is 42.7 Å². The summed E-state index contributed by atoms with van der Waals surface area (Å²) in [5, 5.41) is 2.27. The first-order valence-corrected chi connectivity index (χ1v) is 16.3. The van der Waals surface area contributed by atoms with E-state index in [-0.39, 0.29) is 5.69 Å². The van der Waals surface area contributed by atoms with E-state index in [9.17, 15) is 0 Å². The van der Waals surface area contributed by atoms with E-state index in [0.29, 0.717) is 34.1 Å². The summed E-state index contributed by atoms with van der Waals surface area (Å²) in [4.78, 5) is 9.57. The predicted molar refractivity (Wildman–Crippen MR) is 193 cm³/mol. The van der Waals surface area contributed by atoms with Gasteiger partial charge < -0.3 is 4.42 Å². The van der Waals surface area contributed by atoms with Gasteiger partial charge in [-0.05, 0) is 49.4 Å². The number of imidazole rings is 1. The average molecular weight is 619 g/mol. The van der Waals surface area contributed by atoms with Gasteiger partial charge in [-0.15, -0.1) is 0 Å². The molecule has 0 atom stereocenters. The van der Waals surface area contributed by atoms with Crippen molar-refractivity contribution in [1.82, 2.24) is 14.5 Å². The lowest BCUT2D eigenvalue weighted by Crippen LogP contribution is -2.30. The Morgan fingerprint density at radius 3 is 2.11 bits per heavy atom. The summed E-state index contributed by atoms with van der Waals surface area (Å²) in [5.41, 5.74) is 10.5. The summed E-state index contributed by atoms with van der Waals surface area (Å²) < 4.78 is 36.8. The Morgan fingerprint density at radius 2 is 1.38 bits per heavy atom.